The number of carbonyl (C=O) groups excluding carboxylic acids is 1. The molecule has 3 rings (SSSR count). The number of amides is 1. The quantitative estimate of drug-likeness (QED) is 0.828. The first kappa shape index (κ1) is 17.4. The van der Waals surface area contributed by atoms with Crippen LogP contribution in [0.25, 0.3) is 0 Å². The number of pyridine rings is 1. The third-order valence-corrected chi connectivity index (χ3v) is 5.38. The molecule has 0 bridgehead atoms. The summed E-state index contributed by atoms with van der Waals surface area (Å²) in [5.74, 6) is 1.14. The standard InChI is InChI=1S/C19H22N4OS/c20-14-16-7-8-18(21-15-16)22-9-3-10-23(12-11-22)19(24)6-1-4-17-5-2-13-25-17/h2,5,7-8,13,15H,1,3-4,6,9-12H2. The Morgan fingerprint density at radius 2 is 2.16 bits per heavy atom. The molecule has 0 atom stereocenters. The van der Waals surface area contributed by atoms with Gasteiger partial charge in [0, 0.05) is 43.7 Å². The fourth-order valence-electron chi connectivity index (χ4n) is 3.06. The highest BCUT2D eigenvalue weighted by Crippen LogP contribution is 2.16. The van der Waals surface area contributed by atoms with E-state index in [-0.39, 0.29) is 5.91 Å². The van der Waals surface area contributed by atoms with Gasteiger partial charge in [-0.15, -0.1) is 11.3 Å². The number of hydrogen-bond donors (Lipinski definition) is 0. The van der Waals surface area contributed by atoms with E-state index in [9.17, 15) is 4.79 Å². The van der Waals surface area contributed by atoms with Gasteiger partial charge in [0.25, 0.3) is 0 Å². The number of nitriles is 1. The largest absolute Gasteiger partial charge is 0.355 e. The first-order valence-electron chi connectivity index (χ1n) is 8.67. The van der Waals surface area contributed by atoms with Gasteiger partial charge in [0.15, 0.2) is 0 Å². The van der Waals surface area contributed by atoms with Crippen molar-refractivity contribution >= 4 is 23.1 Å². The lowest BCUT2D eigenvalue weighted by molar-refractivity contribution is -0.131. The summed E-state index contributed by atoms with van der Waals surface area (Å²) >= 11 is 1.76. The second-order valence-corrected chi connectivity index (χ2v) is 7.20. The van der Waals surface area contributed by atoms with Crippen LogP contribution in [-0.2, 0) is 11.2 Å². The molecule has 3 heterocycles. The van der Waals surface area contributed by atoms with Crippen LogP contribution < -0.4 is 4.90 Å². The van der Waals surface area contributed by atoms with E-state index in [0.29, 0.717) is 12.0 Å². The molecule has 0 aliphatic carbocycles. The first-order valence-corrected chi connectivity index (χ1v) is 9.55. The Hall–Kier alpha value is -2.39. The maximum absolute atomic E-state index is 12.5. The van der Waals surface area contributed by atoms with Crippen molar-refractivity contribution in [3.63, 3.8) is 0 Å². The van der Waals surface area contributed by atoms with Gasteiger partial charge in [-0.1, -0.05) is 6.07 Å². The minimum absolute atomic E-state index is 0.256. The third kappa shape index (κ3) is 4.80. The van der Waals surface area contributed by atoms with Gasteiger partial charge < -0.3 is 9.80 Å². The molecule has 0 aromatic carbocycles. The maximum atomic E-state index is 12.5. The molecule has 5 nitrogen and oxygen atoms in total. The lowest BCUT2D eigenvalue weighted by Crippen LogP contribution is -2.35. The van der Waals surface area contributed by atoms with Gasteiger partial charge in [-0.3, -0.25) is 4.79 Å². The predicted molar refractivity (Wildman–Crippen MR) is 99.6 cm³/mol. The second kappa shape index (κ2) is 8.63. The molecule has 1 aliphatic heterocycles. The highest BCUT2D eigenvalue weighted by molar-refractivity contribution is 7.09. The number of anilines is 1. The minimum atomic E-state index is 0.256. The summed E-state index contributed by atoms with van der Waals surface area (Å²) < 4.78 is 0. The van der Waals surface area contributed by atoms with E-state index in [4.69, 9.17) is 5.26 Å². The third-order valence-electron chi connectivity index (χ3n) is 4.44. The zero-order valence-electron chi connectivity index (χ0n) is 14.2. The minimum Gasteiger partial charge on any atom is -0.355 e. The van der Waals surface area contributed by atoms with Crippen molar-refractivity contribution in [1.29, 1.82) is 5.26 Å². The molecule has 6 heteroatoms. The number of aromatic nitrogens is 1. The van der Waals surface area contributed by atoms with Crippen LogP contribution in [0.4, 0.5) is 5.82 Å². The molecular formula is C19H22N4OS. The predicted octanol–water partition coefficient (Wildman–Crippen LogP) is 3.08. The van der Waals surface area contributed by atoms with E-state index in [1.54, 1.807) is 23.6 Å². The van der Waals surface area contributed by atoms with Crippen LogP contribution in [0.5, 0.6) is 0 Å². The Bertz CT molecular complexity index is 721. The van der Waals surface area contributed by atoms with E-state index in [2.05, 4.69) is 33.5 Å². The van der Waals surface area contributed by atoms with E-state index in [0.717, 1.165) is 51.3 Å². The second-order valence-electron chi connectivity index (χ2n) is 6.17. The number of thiophene rings is 1. The maximum Gasteiger partial charge on any atom is 0.222 e. The van der Waals surface area contributed by atoms with Crippen molar-refractivity contribution in [3.05, 3.63) is 46.3 Å². The monoisotopic (exact) mass is 354 g/mol. The van der Waals surface area contributed by atoms with Gasteiger partial charge in [0.2, 0.25) is 5.91 Å². The number of nitrogens with zero attached hydrogens (tertiary/aromatic N) is 4. The molecule has 0 spiro atoms. The van der Waals surface area contributed by atoms with E-state index in [1.807, 2.05) is 11.0 Å². The van der Waals surface area contributed by atoms with Gasteiger partial charge in [-0.05, 0) is 42.8 Å². The molecule has 0 radical (unpaired) electrons. The average Bonchev–Trinajstić information content (AvgIpc) is 3.04. The summed E-state index contributed by atoms with van der Waals surface area (Å²) in [6.07, 6.45) is 5.06. The molecule has 0 N–H and O–H groups in total. The van der Waals surface area contributed by atoms with Crippen LogP contribution in [0.1, 0.15) is 29.7 Å². The molecule has 2 aromatic heterocycles. The Kier molecular flexibility index (Phi) is 6.02. The van der Waals surface area contributed by atoms with Crippen molar-refractivity contribution in [2.75, 3.05) is 31.1 Å². The average molecular weight is 354 g/mol. The van der Waals surface area contributed by atoms with E-state index in [1.165, 1.54) is 4.88 Å². The van der Waals surface area contributed by atoms with Crippen LogP contribution in [0.3, 0.4) is 0 Å². The lowest BCUT2D eigenvalue weighted by atomic mass is 10.2. The summed E-state index contributed by atoms with van der Waals surface area (Å²) in [6, 6.07) is 9.95. The van der Waals surface area contributed by atoms with Gasteiger partial charge in [0.1, 0.15) is 11.9 Å². The fourth-order valence-corrected chi connectivity index (χ4v) is 3.81. The SMILES string of the molecule is N#Cc1ccc(N2CCCN(C(=O)CCCc3cccs3)CC2)nc1. The fraction of sp³-hybridized carbons (Fsp3) is 0.421. The van der Waals surface area contributed by atoms with Gasteiger partial charge in [0.05, 0.1) is 5.56 Å². The van der Waals surface area contributed by atoms with Crippen LogP contribution in [0.15, 0.2) is 35.8 Å². The molecule has 1 saturated heterocycles. The Labute approximate surface area is 152 Å². The van der Waals surface area contributed by atoms with Crippen LogP contribution in [0, 0.1) is 11.3 Å². The zero-order chi connectivity index (χ0) is 17.5. The molecule has 1 aliphatic rings. The highest BCUT2D eigenvalue weighted by Gasteiger charge is 2.19. The number of rotatable bonds is 5. The number of aryl methyl sites for hydroxylation is 1. The summed E-state index contributed by atoms with van der Waals surface area (Å²) in [4.78, 5) is 22.4. The Morgan fingerprint density at radius 3 is 2.88 bits per heavy atom. The van der Waals surface area contributed by atoms with Crippen molar-refractivity contribution in [2.45, 2.75) is 25.7 Å². The number of carbonyl (C=O) groups is 1. The van der Waals surface area contributed by atoms with Crippen molar-refractivity contribution < 1.29 is 4.79 Å². The molecular weight excluding hydrogens is 332 g/mol. The Balaban J connectivity index is 1.48. The first-order chi connectivity index (χ1) is 12.3. The molecule has 1 fully saturated rings. The van der Waals surface area contributed by atoms with Crippen molar-refractivity contribution in [1.82, 2.24) is 9.88 Å². The lowest BCUT2D eigenvalue weighted by Gasteiger charge is -2.23. The van der Waals surface area contributed by atoms with Crippen LogP contribution >= 0.6 is 11.3 Å². The normalized spacial score (nSPS) is 14.8. The molecule has 1 amide bonds. The summed E-state index contributed by atoms with van der Waals surface area (Å²) in [7, 11) is 0. The number of hydrogen-bond acceptors (Lipinski definition) is 5. The van der Waals surface area contributed by atoms with Gasteiger partial charge >= 0.3 is 0 Å². The molecule has 2 aromatic rings. The van der Waals surface area contributed by atoms with Crippen molar-refractivity contribution in [2.24, 2.45) is 0 Å². The summed E-state index contributed by atoms with van der Waals surface area (Å²) in [6.45, 7) is 3.22. The molecule has 0 saturated carbocycles. The van der Waals surface area contributed by atoms with Crippen LogP contribution in [-0.4, -0.2) is 42.0 Å². The van der Waals surface area contributed by atoms with Crippen LogP contribution in [0.2, 0.25) is 0 Å². The van der Waals surface area contributed by atoms with Crippen molar-refractivity contribution in [3.8, 4) is 6.07 Å². The summed E-state index contributed by atoms with van der Waals surface area (Å²) in [5.41, 5.74) is 0.570. The van der Waals surface area contributed by atoms with E-state index >= 15 is 0 Å². The highest BCUT2D eigenvalue weighted by atomic mass is 32.1. The van der Waals surface area contributed by atoms with E-state index < -0.39 is 0 Å². The molecule has 130 valence electrons. The molecule has 25 heavy (non-hydrogen) atoms. The Morgan fingerprint density at radius 1 is 1.24 bits per heavy atom. The van der Waals surface area contributed by atoms with Gasteiger partial charge in [-0.2, -0.15) is 5.26 Å². The topological polar surface area (TPSA) is 60.2 Å². The summed E-state index contributed by atoms with van der Waals surface area (Å²) in [5, 5.41) is 10.9. The zero-order valence-corrected chi connectivity index (χ0v) is 15.0. The van der Waals surface area contributed by atoms with Gasteiger partial charge in [-0.25, -0.2) is 4.98 Å². The molecule has 0 unspecified atom stereocenters. The smallest absolute Gasteiger partial charge is 0.222 e.